The molecule has 0 bridgehead atoms. The molecule has 0 spiro atoms. The van der Waals surface area contributed by atoms with E-state index in [1.54, 1.807) is 4.90 Å². The molecule has 1 amide bonds. The fraction of sp³-hybridized carbons (Fsp3) is 0.280. The van der Waals surface area contributed by atoms with Crippen molar-refractivity contribution in [2.45, 2.75) is 13.5 Å². The number of hydrogen-bond donors (Lipinski definition) is 2. The minimum Gasteiger partial charge on any atom is -0.379 e. The van der Waals surface area contributed by atoms with E-state index in [-0.39, 0.29) is 0 Å². The van der Waals surface area contributed by atoms with Gasteiger partial charge in [0.1, 0.15) is 5.82 Å². The van der Waals surface area contributed by atoms with Gasteiger partial charge in [-0.1, -0.05) is 30.3 Å². The molecule has 1 aliphatic rings. The summed E-state index contributed by atoms with van der Waals surface area (Å²) < 4.78 is 1.33. The Labute approximate surface area is 192 Å². The molecule has 2 aromatic carbocycles. The van der Waals surface area contributed by atoms with Crippen molar-refractivity contribution in [3.8, 4) is 11.4 Å². The number of nitrogens with one attached hydrogen (secondary N) is 2. The number of aromatic nitrogens is 2. The van der Waals surface area contributed by atoms with Gasteiger partial charge in [-0.2, -0.15) is 0 Å². The first-order valence-corrected chi connectivity index (χ1v) is 11.6. The molecule has 166 valence electrons. The van der Waals surface area contributed by atoms with Gasteiger partial charge >= 0.3 is 0 Å². The van der Waals surface area contributed by atoms with E-state index >= 15 is 0 Å². The molecule has 7 heteroatoms. The second kappa shape index (κ2) is 10.4. The number of imidazole rings is 1. The molecule has 32 heavy (non-hydrogen) atoms. The molecule has 4 aromatic rings. The van der Waals surface area contributed by atoms with Crippen LogP contribution in [0.25, 0.3) is 21.5 Å². The number of fused-ring (bicyclic) bond motifs is 1. The minimum absolute atomic E-state index is 0.731. The van der Waals surface area contributed by atoms with Crippen molar-refractivity contribution < 1.29 is 4.79 Å². The number of aryl methyl sites for hydroxylation is 1. The second-order valence-corrected chi connectivity index (χ2v) is 9.32. The summed E-state index contributed by atoms with van der Waals surface area (Å²) in [5.41, 5.74) is 3.31. The highest BCUT2D eigenvalue weighted by Crippen LogP contribution is 2.27. The van der Waals surface area contributed by atoms with Crippen LogP contribution in [0.3, 0.4) is 0 Å². The molecule has 0 radical (unpaired) electrons. The lowest BCUT2D eigenvalue weighted by molar-refractivity contribution is -0.119. The third-order valence-corrected chi connectivity index (χ3v) is 6.52. The van der Waals surface area contributed by atoms with Gasteiger partial charge in [0.2, 0.25) is 6.41 Å². The SMILES string of the molecule is CN1CCN(C=O)CC1.Cc1cc2cc(NCc3cnc(-c4ccccc4)[nH]3)ccc2s1. The maximum Gasteiger partial charge on any atom is 0.209 e. The normalized spacial score (nSPS) is 14.1. The number of carbonyl (C=O) groups is 1. The Balaban J connectivity index is 0.000000230. The lowest BCUT2D eigenvalue weighted by Crippen LogP contribution is -2.43. The van der Waals surface area contributed by atoms with Gasteiger partial charge in [-0.05, 0) is 43.6 Å². The summed E-state index contributed by atoms with van der Waals surface area (Å²) >= 11 is 1.83. The quantitative estimate of drug-likeness (QED) is 0.439. The second-order valence-electron chi connectivity index (χ2n) is 8.03. The lowest BCUT2D eigenvalue weighted by atomic mass is 10.2. The van der Waals surface area contributed by atoms with Crippen LogP contribution in [0.15, 0.2) is 60.8 Å². The smallest absolute Gasteiger partial charge is 0.209 e. The number of nitrogens with zero attached hydrogens (tertiary/aromatic N) is 3. The number of benzene rings is 2. The zero-order chi connectivity index (χ0) is 22.3. The molecule has 0 aliphatic carbocycles. The average molecular weight is 448 g/mol. The van der Waals surface area contributed by atoms with Crippen molar-refractivity contribution in [1.82, 2.24) is 19.8 Å². The van der Waals surface area contributed by atoms with E-state index in [1.807, 2.05) is 35.7 Å². The number of rotatable bonds is 5. The Morgan fingerprint density at radius 2 is 1.88 bits per heavy atom. The van der Waals surface area contributed by atoms with Crippen molar-refractivity contribution in [2.75, 3.05) is 38.5 Å². The van der Waals surface area contributed by atoms with E-state index in [1.165, 1.54) is 15.0 Å². The highest BCUT2D eigenvalue weighted by Gasteiger charge is 2.10. The number of aromatic amines is 1. The summed E-state index contributed by atoms with van der Waals surface area (Å²) in [4.78, 5) is 23.4. The summed E-state index contributed by atoms with van der Waals surface area (Å²) in [6.45, 7) is 6.68. The molecule has 0 unspecified atom stereocenters. The molecular formula is C25H29N5OS. The molecule has 0 saturated carbocycles. The summed E-state index contributed by atoms with van der Waals surface area (Å²) in [6, 6.07) is 18.9. The maximum atomic E-state index is 10.2. The van der Waals surface area contributed by atoms with Gasteiger partial charge in [0, 0.05) is 47.0 Å². The van der Waals surface area contributed by atoms with E-state index in [9.17, 15) is 4.79 Å². The van der Waals surface area contributed by atoms with Crippen molar-refractivity contribution in [1.29, 1.82) is 0 Å². The van der Waals surface area contributed by atoms with E-state index in [0.29, 0.717) is 0 Å². The highest BCUT2D eigenvalue weighted by molar-refractivity contribution is 7.19. The van der Waals surface area contributed by atoms with Gasteiger partial charge in [-0.3, -0.25) is 4.79 Å². The average Bonchev–Trinajstić information content (AvgIpc) is 3.44. The molecule has 2 aromatic heterocycles. The number of H-pyrrole nitrogens is 1. The number of piperazine rings is 1. The van der Waals surface area contributed by atoms with Gasteiger partial charge in [0.15, 0.2) is 0 Å². The summed E-state index contributed by atoms with van der Waals surface area (Å²) in [6.07, 6.45) is 2.82. The van der Waals surface area contributed by atoms with Crippen molar-refractivity contribution >= 4 is 33.5 Å². The van der Waals surface area contributed by atoms with Crippen LogP contribution in [0, 0.1) is 6.92 Å². The van der Waals surface area contributed by atoms with Crippen molar-refractivity contribution in [3.05, 3.63) is 71.4 Å². The Hall–Kier alpha value is -3.16. The summed E-state index contributed by atoms with van der Waals surface area (Å²) in [7, 11) is 2.07. The fourth-order valence-electron chi connectivity index (χ4n) is 3.60. The van der Waals surface area contributed by atoms with Crippen LogP contribution in [0.4, 0.5) is 5.69 Å². The molecule has 1 fully saturated rings. The standard InChI is InChI=1S/C19H17N3S.C6H12N2O/c1-13-9-15-10-16(7-8-18(15)23-13)20-11-17-12-21-19(22-17)14-5-3-2-4-6-14;1-7-2-4-8(6-9)5-3-7/h2-10,12,20H,11H2,1H3,(H,21,22);6H,2-5H2,1H3. The van der Waals surface area contributed by atoms with Crippen LogP contribution < -0.4 is 5.32 Å². The Morgan fingerprint density at radius 1 is 1.09 bits per heavy atom. The van der Waals surface area contributed by atoms with Gasteiger partial charge < -0.3 is 20.1 Å². The van der Waals surface area contributed by atoms with Crippen LogP contribution >= 0.6 is 11.3 Å². The molecular weight excluding hydrogens is 418 g/mol. The number of likely N-dealkylation sites (N-methyl/N-ethyl adjacent to an activating group) is 1. The van der Waals surface area contributed by atoms with E-state index in [0.717, 1.165) is 61.9 Å². The van der Waals surface area contributed by atoms with Gasteiger partial charge in [-0.15, -0.1) is 11.3 Å². The Morgan fingerprint density at radius 3 is 2.62 bits per heavy atom. The van der Waals surface area contributed by atoms with Crippen LogP contribution in [0.2, 0.25) is 0 Å². The third kappa shape index (κ3) is 5.75. The number of carbonyl (C=O) groups excluding carboxylic acids is 1. The fourth-order valence-corrected chi connectivity index (χ4v) is 4.51. The number of hydrogen-bond acceptors (Lipinski definition) is 5. The summed E-state index contributed by atoms with van der Waals surface area (Å²) in [5, 5.41) is 4.76. The number of anilines is 1. The van der Waals surface area contributed by atoms with Gasteiger partial charge in [-0.25, -0.2) is 4.98 Å². The molecule has 1 saturated heterocycles. The first-order chi connectivity index (χ1) is 15.6. The molecule has 3 heterocycles. The van der Waals surface area contributed by atoms with Crippen LogP contribution in [0.1, 0.15) is 10.6 Å². The van der Waals surface area contributed by atoms with Gasteiger partial charge in [0.05, 0.1) is 18.4 Å². The Kier molecular flexibility index (Phi) is 7.19. The largest absolute Gasteiger partial charge is 0.379 e. The zero-order valence-electron chi connectivity index (χ0n) is 18.5. The monoisotopic (exact) mass is 447 g/mol. The minimum atomic E-state index is 0.731. The van der Waals surface area contributed by atoms with Crippen LogP contribution in [-0.4, -0.2) is 59.4 Å². The summed E-state index contributed by atoms with van der Waals surface area (Å²) in [5.74, 6) is 0.909. The predicted molar refractivity (Wildman–Crippen MR) is 133 cm³/mol. The van der Waals surface area contributed by atoms with E-state index in [4.69, 9.17) is 0 Å². The first-order valence-electron chi connectivity index (χ1n) is 10.8. The zero-order valence-corrected chi connectivity index (χ0v) is 19.4. The van der Waals surface area contributed by atoms with E-state index in [2.05, 4.69) is 70.6 Å². The predicted octanol–water partition coefficient (Wildman–Crippen LogP) is 4.60. The highest BCUT2D eigenvalue weighted by atomic mass is 32.1. The maximum absolute atomic E-state index is 10.2. The lowest BCUT2D eigenvalue weighted by Gasteiger charge is -2.29. The Bertz CT molecular complexity index is 1150. The van der Waals surface area contributed by atoms with Crippen molar-refractivity contribution in [3.63, 3.8) is 0 Å². The molecule has 5 rings (SSSR count). The third-order valence-electron chi connectivity index (χ3n) is 5.49. The van der Waals surface area contributed by atoms with Crippen LogP contribution in [0.5, 0.6) is 0 Å². The molecule has 0 atom stereocenters. The topological polar surface area (TPSA) is 64.3 Å². The van der Waals surface area contributed by atoms with E-state index < -0.39 is 0 Å². The molecule has 1 aliphatic heterocycles. The number of amides is 1. The first kappa shape index (κ1) is 22.0. The molecule has 2 N–H and O–H groups in total. The van der Waals surface area contributed by atoms with Crippen molar-refractivity contribution in [2.24, 2.45) is 0 Å². The molecule has 6 nitrogen and oxygen atoms in total. The van der Waals surface area contributed by atoms with Crippen LogP contribution in [-0.2, 0) is 11.3 Å². The van der Waals surface area contributed by atoms with Gasteiger partial charge in [0.25, 0.3) is 0 Å². The number of thiophene rings is 1.